The third-order valence-corrected chi connectivity index (χ3v) is 3.51. The molecule has 2 amide bonds. The molecule has 0 atom stereocenters. The second-order valence-electron chi connectivity index (χ2n) is 5.17. The Balaban J connectivity index is 1.84. The van der Waals surface area contributed by atoms with Crippen molar-refractivity contribution in [1.29, 1.82) is 0 Å². The van der Waals surface area contributed by atoms with Crippen LogP contribution in [0.25, 0.3) is 6.08 Å². The van der Waals surface area contributed by atoms with Gasteiger partial charge in [0.1, 0.15) is 11.6 Å². The number of hydrogen-bond donors (Lipinski definition) is 4. The van der Waals surface area contributed by atoms with Gasteiger partial charge >= 0.3 is 0 Å². The molecule has 4 N–H and O–H groups in total. The molecule has 7 nitrogen and oxygen atoms in total. The van der Waals surface area contributed by atoms with Gasteiger partial charge in [-0.05, 0) is 35.4 Å². The molecule has 0 aliphatic carbocycles. The summed E-state index contributed by atoms with van der Waals surface area (Å²) in [6, 6.07) is 7.37. The number of nitrogens with zero attached hydrogens (tertiary/aromatic N) is 1. The second kappa shape index (κ2) is 9.50. The zero-order valence-electron chi connectivity index (χ0n) is 13.5. The molecule has 9 heteroatoms. The van der Waals surface area contributed by atoms with E-state index < -0.39 is 5.91 Å². The third-order valence-electron chi connectivity index (χ3n) is 3.22. The van der Waals surface area contributed by atoms with Crippen LogP contribution in [0.15, 0.2) is 42.6 Å². The molecule has 1 heterocycles. The number of hydroxylamine groups is 1. The summed E-state index contributed by atoms with van der Waals surface area (Å²) >= 11 is 6.07. The first-order valence-electron chi connectivity index (χ1n) is 7.50. The monoisotopic (exact) mass is 378 g/mol. The Morgan fingerprint density at radius 2 is 2.00 bits per heavy atom. The summed E-state index contributed by atoms with van der Waals surface area (Å²) in [5.74, 6) is -0.984. The van der Waals surface area contributed by atoms with E-state index in [-0.39, 0.29) is 29.8 Å². The van der Waals surface area contributed by atoms with Gasteiger partial charge in [-0.15, -0.1) is 0 Å². The van der Waals surface area contributed by atoms with Gasteiger partial charge in [-0.1, -0.05) is 23.7 Å². The average Bonchev–Trinajstić information content (AvgIpc) is 2.64. The maximum atomic E-state index is 12.8. The van der Waals surface area contributed by atoms with Crippen LogP contribution in [0.1, 0.15) is 11.1 Å². The lowest BCUT2D eigenvalue weighted by atomic mass is 10.2. The molecule has 0 saturated carbocycles. The maximum Gasteiger partial charge on any atom is 0.267 e. The van der Waals surface area contributed by atoms with Gasteiger partial charge < -0.3 is 10.6 Å². The molecule has 26 heavy (non-hydrogen) atoms. The highest BCUT2D eigenvalue weighted by molar-refractivity contribution is 6.33. The zero-order chi connectivity index (χ0) is 18.9. The van der Waals surface area contributed by atoms with Crippen molar-refractivity contribution in [3.05, 3.63) is 64.6 Å². The molecule has 0 spiro atoms. The van der Waals surface area contributed by atoms with Gasteiger partial charge in [0.25, 0.3) is 5.91 Å². The van der Waals surface area contributed by atoms with Crippen LogP contribution >= 0.6 is 11.6 Å². The Kier molecular flexibility index (Phi) is 7.07. The summed E-state index contributed by atoms with van der Waals surface area (Å²) in [5.41, 5.74) is 2.79. The Morgan fingerprint density at radius 3 is 2.65 bits per heavy atom. The topological polar surface area (TPSA) is 103 Å². The van der Waals surface area contributed by atoms with Crippen LogP contribution in [0.5, 0.6) is 0 Å². The number of pyridine rings is 1. The van der Waals surface area contributed by atoms with Gasteiger partial charge in [0.15, 0.2) is 0 Å². The van der Waals surface area contributed by atoms with Crippen molar-refractivity contribution in [2.24, 2.45) is 0 Å². The van der Waals surface area contributed by atoms with Crippen LogP contribution < -0.4 is 16.1 Å². The number of hydrogen-bond acceptors (Lipinski definition) is 5. The summed E-state index contributed by atoms with van der Waals surface area (Å²) in [5, 5.41) is 14.2. The molecular weight excluding hydrogens is 363 g/mol. The molecular formula is C17H16ClFN4O3. The SMILES string of the molecule is O=C(/C=C/c1cnc(NCC(=O)NCc2ccc(F)cc2)c(Cl)c1)NO. The molecule has 1 aromatic carbocycles. The van der Waals surface area contributed by atoms with Crippen molar-refractivity contribution in [3.63, 3.8) is 0 Å². The molecule has 0 aliphatic heterocycles. The molecule has 136 valence electrons. The number of halogens is 2. The molecule has 0 radical (unpaired) electrons. The number of nitrogens with one attached hydrogen (secondary N) is 3. The van der Waals surface area contributed by atoms with E-state index in [2.05, 4.69) is 15.6 Å². The number of aromatic nitrogens is 1. The standard InChI is InChI=1S/C17H16ClFN4O3/c18-14-7-12(3-6-15(24)23-26)9-21-17(14)22-10-16(25)20-8-11-1-4-13(19)5-2-11/h1-7,9,26H,8,10H2,(H,20,25)(H,21,22)(H,23,24)/b6-3+. The lowest BCUT2D eigenvalue weighted by molar-refractivity contribution is -0.124. The Hall–Kier alpha value is -2.97. The van der Waals surface area contributed by atoms with E-state index in [0.29, 0.717) is 11.4 Å². The fourth-order valence-electron chi connectivity index (χ4n) is 1.91. The van der Waals surface area contributed by atoms with E-state index in [9.17, 15) is 14.0 Å². The van der Waals surface area contributed by atoms with Crippen molar-refractivity contribution in [2.45, 2.75) is 6.54 Å². The molecule has 2 rings (SSSR count). The molecule has 0 bridgehead atoms. The van der Waals surface area contributed by atoms with Crippen LogP contribution in [-0.2, 0) is 16.1 Å². The van der Waals surface area contributed by atoms with Crippen molar-refractivity contribution >= 4 is 35.3 Å². The number of benzene rings is 1. The van der Waals surface area contributed by atoms with Crippen LogP contribution in [-0.4, -0.2) is 28.6 Å². The van der Waals surface area contributed by atoms with Gasteiger partial charge in [0.2, 0.25) is 5.91 Å². The number of anilines is 1. The Labute approximate surface area is 153 Å². The van der Waals surface area contributed by atoms with E-state index in [1.807, 2.05) is 0 Å². The smallest absolute Gasteiger partial charge is 0.267 e. The van der Waals surface area contributed by atoms with E-state index in [1.54, 1.807) is 18.2 Å². The number of carbonyl (C=O) groups is 2. The van der Waals surface area contributed by atoms with Crippen molar-refractivity contribution in [2.75, 3.05) is 11.9 Å². The summed E-state index contributed by atoms with van der Waals surface area (Å²) in [4.78, 5) is 26.8. The number of rotatable bonds is 7. The highest BCUT2D eigenvalue weighted by Gasteiger charge is 2.06. The van der Waals surface area contributed by atoms with Crippen molar-refractivity contribution in [1.82, 2.24) is 15.8 Å². The quantitative estimate of drug-likeness (QED) is 0.336. The maximum absolute atomic E-state index is 12.8. The normalized spacial score (nSPS) is 10.6. The molecule has 0 saturated heterocycles. The van der Waals surface area contributed by atoms with E-state index in [4.69, 9.17) is 16.8 Å². The Morgan fingerprint density at radius 1 is 1.27 bits per heavy atom. The molecule has 0 aliphatic rings. The van der Waals surface area contributed by atoms with Crippen LogP contribution in [0.4, 0.5) is 10.2 Å². The minimum absolute atomic E-state index is 0.0456. The van der Waals surface area contributed by atoms with Crippen molar-refractivity contribution in [3.8, 4) is 0 Å². The third kappa shape index (κ3) is 6.15. The van der Waals surface area contributed by atoms with Crippen LogP contribution in [0.3, 0.4) is 0 Å². The van der Waals surface area contributed by atoms with Gasteiger partial charge in [-0.25, -0.2) is 14.9 Å². The van der Waals surface area contributed by atoms with Crippen LogP contribution in [0, 0.1) is 5.82 Å². The van der Waals surface area contributed by atoms with Crippen LogP contribution in [0.2, 0.25) is 5.02 Å². The first-order valence-corrected chi connectivity index (χ1v) is 7.88. The first-order chi connectivity index (χ1) is 12.5. The molecule has 1 aromatic heterocycles. The lowest BCUT2D eigenvalue weighted by Crippen LogP contribution is -2.29. The number of amides is 2. The predicted octanol–water partition coefficient (Wildman–Crippen LogP) is 2.12. The minimum Gasteiger partial charge on any atom is -0.360 e. The molecule has 2 aromatic rings. The first kappa shape index (κ1) is 19.4. The van der Waals surface area contributed by atoms with Gasteiger partial charge in [0, 0.05) is 18.8 Å². The highest BCUT2D eigenvalue weighted by atomic mass is 35.5. The van der Waals surface area contributed by atoms with E-state index in [1.165, 1.54) is 29.9 Å². The second-order valence-corrected chi connectivity index (χ2v) is 5.57. The summed E-state index contributed by atoms with van der Waals surface area (Å²) in [6.07, 6.45) is 3.98. The minimum atomic E-state index is -0.679. The average molecular weight is 379 g/mol. The fraction of sp³-hybridized carbons (Fsp3) is 0.118. The summed E-state index contributed by atoms with van der Waals surface area (Å²) in [6.45, 7) is 0.231. The van der Waals surface area contributed by atoms with E-state index in [0.717, 1.165) is 11.6 Å². The van der Waals surface area contributed by atoms with Crippen molar-refractivity contribution < 1.29 is 19.2 Å². The van der Waals surface area contributed by atoms with Gasteiger partial charge in [0.05, 0.1) is 11.6 Å². The molecule has 0 unspecified atom stereocenters. The van der Waals surface area contributed by atoms with E-state index >= 15 is 0 Å². The Bertz CT molecular complexity index is 812. The predicted molar refractivity (Wildman–Crippen MR) is 94.9 cm³/mol. The highest BCUT2D eigenvalue weighted by Crippen LogP contribution is 2.20. The lowest BCUT2D eigenvalue weighted by Gasteiger charge is -2.09. The summed E-state index contributed by atoms with van der Waals surface area (Å²) in [7, 11) is 0. The zero-order valence-corrected chi connectivity index (χ0v) is 14.3. The molecule has 0 fully saturated rings. The number of carbonyl (C=O) groups excluding carboxylic acids is 2. The van der Waals surface area contributed by atoms with Gasteiger partial charge in [-0.3, -0.25) is 14.8 Å². The largest absolute Gasteiger partial charge is 0.360 e. The van der Waals surface area contributed by atoms with Gasteiger partial charge in [-0.2, -0.15) is 0 Å². The summed E-state index contributed by atoms with van der Waals surface area (Å²) < 4.78 is 12.8. The fourth-order valence-corrected chi connectivity index (χ4v) is 2.15.